The van der Waals surface area contributed by atoms with Crippen LogP contribution in [0.2, 0.25) is 0 Å². The Balaban J connectivity index is 1.83. The third kappa shape index (κ3) is 3.41. The zero-order valence-electron chi connectivity index (χ0n) is 9.83. The van der Waals surface area contributed by atoms with Crippen LogP contribution in [0.5, 0.6) is 0 Å². The van der Waals surface area contributed by atoms with Crippen molar-refractivity contribution in [2.24, 2.45) is 0 Å². The molecule has 1 unspecified atom stereocenters. The summed E-state index contributed by atoms with van der Waals surface area (Å²) in [5.41, 5.74) is 0. The molecular formula is C10H16N6S. The van der Waals surface area contributed by atoms with Gasteiger partial charge in [-0.2, -0.15) is 5.26 Å². The highest BCUT2D eigenvalue weighted by Gasteiger charge is 2.28. The topological polar surface area (TPSA) is 79.4 Å². The first-order valence-electron chi connectivity index (χ1n) is 5.88. The second-order valence-electron chi connectivity index (χ2n) is 4.08. The molecule has 17 heavy (non-hydrogen) atoms. The molecule has 0 spiro atoms. The van der Waals surface area contributed by atoms with E-state index in [9.17, 15) is 0 Å². The van der Waals surface area contributed by atoms with Crippen molar-refractivity contribution in [2.75, 3.05) is 12.3 Å². The Bertz CT molecular complexity index is 394. The fourth-order valence-corrected chi connectivity index (χ4v) is 2.37. The van der Waals surface area contributed by atoms with Crippen molar-refractivity contribution in [3.8, 4) is 6.07 Å². The van der Waals surface area contributed by atoms with Gasteiger partial charge in [-0.3, -0.25) is 0 Å². The van der Waals surface area contributed by atoms with Crippen molar-refractivity contribution < 1.29 is 0 Å². The number of nitriles is 1. The van der Waals surface area contributed by atoms with Gasteiger partial charge >= 0.3 is 0 Å². The molecule has 92 valence electrons. The molecule has 2 rings (SSSR count). The monoisotopic (exact) mass is 252 g/mol. The standard InChI is InChI=1S/C10H16N6S/c1-2-5-12-8(6-11)7-17-10-13-14-15-16(10)9-3-4-9/h8-9,12H,2-5,7H2,1H3. The van der Waals surface area contributed by atoms with Gasteiger partial charge in [-0.05, 0) is 36.2 Å². The Morgan fingerprint density at radius 3 is 3.12 bits per heavy atom. The van der Waals surface area contributed by atoms with Crippen LogP contribution in [0.4, 0.5) is 0 Å². The highest BCUT2D eigenvalue weighted by atomic mass is 32.2. The highest BCUT2D eigenvalue weighted by molar-refractivity contribution is 7.99. The normalized spacial score (nSPS) is 16.7. The van der Waals surface area contributed by atoms with Gasteiger partial charge in [0, 0.05) is 5.75 Å². The van der Waals surface area contributed by atoms with Gasteiger partial charge in [0.25, 0.3) is 0 Å². The maximum atomic E-state index is 8.99. The third-order valence-corrected chi connectivity index (χ3v) is 3.56. The molecule has 1 atom stereocenters. The first-order valence-corrected chi connectivity index (χ1v) is 6.87. The quantitative estimate of drug-likeness (QED) is 0.729. The van der Waals surface area contributed by atoms with E-state index in [1.165, 1.54) is 0 Å². The molecule has 7 heteroatoms. The lowest BCUT2D eigenvalue weighted by Crippen LogP contribution is -2.30. The molecule has 1 heterocycles. The highest BCUT2D eigenvalue weighted by Crippen LogP contribution is 2.36. The number of tetrazole rings is 1. The van der Waals surface area contributed by atoms with Crippen LogP contribution in [0.3, 0.4) is 0 Å². The first-order chi connectivity index (χ1) is 8.35. The lowest BCUT2D eigenvalue weighted by atomic mass is 10.3. The maximum Gasteiger partial charge on any atom is 0.209 e. The second kappa shape index (κ2) is 5.98. The Morgan fingerprint density at radius 2 is 2.47 bits per heavy atom. The Hall–Kier alpha value is -1.13. The van der Waals surface area contributed by atoms with E-state index in [4.69, 9.17) is 5.26 Å². The van der Waals surface area contributed by atoms with E-state index in [-0.39, 0.29) is 6.04 Å². The molecule has 0 radical (unpaired) electrons. The maximum absolute atomic E-state index is 8.99. The molecule has 0 amide bonds. The summed E-state index contributed by atoms with van der Waals surface area (Å²) in [7, 11) is 0. The minimum atomic E-state index is -0.135. The minimum Gasteiger partial charge on any atom is -0.301 e. The summed E-state index contributed by atoms with van der Waals surface area (Å²) >= 11 is 1.55. The molecule has 1 N–H and O–H groups in total. The third-order valence-electron chi connectivity index (χ3n) is 2.53. The van der Waals surface area contributed by atoms with E-state index in [1.54, 1.807) is 11.8 Å². The van der Waals surface area contributed by atoms with Crippen LogP contribution in [0, 0.1) is 11.3 Å². The Morgan fingerprint density at radius 1 is 1.65 bits per heavy atom. The van der Waals surface area contributed by atoms with Gasteiger partial charge in [-0.25, -0.2) is 4.68 Å². The predicted molar refractivity (Wildman–Crippen MR) is 64.5 cm³/mol. The first kappa shape index (κ1) is 12.3. The lowest BCUT2D eigenvalue weighted by molar-refractivity contribution is 0.564. The van der Waals surface area contributed by atoms with E-state index in [0.29, 0.717) is 11.8 Å². The van der Waals surface area contributed by atoms with Crippen LogP contribution in [-0.4, -0.2) is 38.5 Å². The SMILES string of the molecule is CCCNC(C#N)CSc1nnnn1C1CC1. The average Bonchev–Trinajstić information content (AvgIpc) is 3.09. The predicted octanol–water partition coefficient (Wildman–Crippen LogP) is 0.992. The van der Waals surface area contributed by atoms with Gasteiger partial charge in [-0.15, -0.1) is 5.10 Å². The van der Waals surface area contributed by atoms with Crippen LogP contribution in [0.15, 0.2) is 5.16 Å². The average molecular weight is 252 g/mol. The summed E-state index contributed by atoms with van der Waals surface area (Å²) in [6.07, 6.45) is 3.35. The summed E-state index contributed by atoms with van der Waals surface area (Å²) in [6.45, 7) is 2.95. The smallest absolute Gasteiger partial charge is 0.209 e. The van der Waals surface area contributed by atoms with Gasteiger partial charge in [0.05, 0.1) is 12.1 Å². The summed E-state index contributed by atoms with van der Waals surface area (Å²) in [4.78, 5) is 0. The molecule has 1 aliphatic rings. The number of hydrogen-bond acceptors (Lipinski definition) is 6. The molecule has 1 aliphatic carbocycles. The van der Waals surface area contributed by atoms with Crippen LogP contribution < -0.4 is 5.32 Å². The van der Waals surface area contributed by atoms with Crippen molar-refractivity contribution in [2.45, 2.75) is 43.4 Å². The molecule has 0 aromatic carbocycles. The minimum absolute atomic E-state index is 0.135. The summed E-state index contributed by atoms with van der Waals surface area (Å²) in [6, 6.07) is 2.60. The van der Waals surface area contributed by atoms with Crippen LogP contribution in [0.25, 0.3) is 0 Å². The zero-order chi connectivity index (χ0) is 12.1. The van der Waals surface area contributed by atoms with Crippen molar-refractivity contribution in [3.63, 3.8) is 0 Å². The van der Waals surface area contributed by atoms with Crippen LogP contribution in [-0.2, 0) is 0 Å². The van der Waals surface area contributed by atoms with Crippen molar-refractivity contribution in [1.82, 2.24) is 25.5 Å². The summed E-state index contributed by atoms with van der Waals surface area (Å²) < 4.78 is 1.87. The number of nitrogens with one attached hydrogen (secondary N) is 1. The molecule has 1 saturated carbocycles. The van der Waals surface area contributed by atoms with Crippen molar-refractivity contribution in [3.05, 3.63) is 0 Å². The number of hydrogen-bond donors (Lipinski definition) is 1. The molecule has 0 aliphatic heterocycles. The van der Waals surface area contributed by atoms with Crippen LogP contribution in [0.1, 0.15) is 32.2 Å². The molecule has 1 fully saturated rings. The summed E-state index contributed by atoms with van der Waals surface area (Å²) in [5.74, 6) is 0.684. The fourth-order valence-electron chi connectivity index (χ4n) is 1.45. The van der Waals surface area contributed by atoms with Gasteiger partial charge in [0.1, 0.15) is 6.04 Å². The molecule has 6 nitrogen and oxygen atoms in total. The van der Waals surface area contributed by atoms with E-state index in [2.05, 4.69) is 33.8 Å². The fraction of sp³-hybridized carbons (Fsp3) is 0.800. The number of nitrogens with zero attached hydrogens (tertiary/aromatic N) is 5. The van der Waals surface area contributed by atoms with E-state index in [0.717, 1.165) is 31.0 Å². The molecule has 0 saturated heterocycles. The van der Waals surface area contributed by atoms with Crippen molar-refractivity contribution in [1.29, 1.82) is 5.26 Å². The Labute approximate surface area is 105 Å². The molecular weight excluding hydrogens is 236 g/mol. The summed E-state index contributed by atoms with van der Waals surface area (Å²) in [5, 5.41) is 24.7. The van der Waals surface area contributed by atoms with Gasteiger partial charge in [0.2, 0.25) is 5.16 Å². The van der Waals surface area contributed by atoms with E-state index in [1.807, 2.05) is 4.68 Å². The van der Waals surface area contributed by atoms with Crippen LogP contribution >= 0.6 is 11.8 Å². The number of thioether (sulfide) groups is 1. The molecule has 0 bridgehead atoms. The van der Waals surface area contributed by atoms with Crippen molar-refractivity contribution >= 4 is 11.8 Å². The molecule has 1 aromatic heterocycles. The number of aromatic nitrogens is 4. The van der Waals surface area contributed by atoms with Gasteiger partial charge in [0.15, 0.2) is 0 Å². The second-order valence-corrected chi connectivity index (χ2v) is 5.07. The Kier molecular flexibility index (Phi) is 4.34. The van der Waals surface area contributed by atoms with Gasteiger partial charge in [-0.1, -0.05) is 18.7 Å². The zero-order valence-corrected chi connectivity index (χ0v) is 10.7. The van der Waals surface area contributed by atoms with Gasteiger partial charge < -0.3 is 5.32 Å². The largest absolute Gasteiger partial charge is 0.301 e. The van der Waals surface area contributed by atoms with E-state index < -0.39 is 0 Å². The lowest BCUT2D eigenvalue weighted by Gasteiger charge is -2.09. The molecule has 1 aromatic rings. The number of rotatable bonds is 7. The van der Waals surface area contributed by atoms with E-state index >= 15 is 0 Å².